The molecule has 88 valence electrons. The second-order valence-electron chi connectivity index (χ2n) is 4.28. The van der Waals surface area contributed by atoms with Gasteiger partial charge in [-0.3, -0.25) is 4.79 Å². The van der Waals surface area contributed by atoms with Crippen LogP contribution in [-0.4, -0.2) is 10.9 Å². The van der Waals surface area contributed by atoms with Crippen molar-refractivity contribution in [2.24, 2.45) is 0 Å². The summed E-state index contributed by atoms with van der Waals surface area (Å²) in [7, 11) is 0. The van der Waals surface area contributed by atoms with E-state index in [1.54, 1.807) is 29.7 Å². The molecule has 0 radical (unpaired) electrons. The predicted octanol–water partition coefficient (Wildman–Crippen LogP) is 2.81. The number of hydrogen-bond donors (Lipinski definition) is 1. The van der Waals surface area contributed by atoms with Crippen molar-refractivity contribution < 1.29 is 4.79 Å². The first-order chi connectivity index (χ1) is 8.09. The topological polar surface area (TPSA) is 42.0 Å². The molecule has 1 amide bonds. The minimum Gasteiger partial charge on any atom is -0.341 e. The molecule has 0 aliphatic heterocycles. The van der Waals surface area contributed by atoms with Crippen molar-refractivity contribution in [3.63, 3.8) is 0 Å². The average molecular weight is 246 g/mol. The molecule has 0 fully saturated rings. The number of carbonyl (C=O) groups excluding carboxylic acids is 1. The quantitative estimate of drug-likeness (QED) is 0.904. The van der Waals surface area contributed by atoms with Gasteiger partial charge in [-0.25, -0.2) is 4.98 Å². The molecule has 4 heteroatoms. The van der Waals surface area contributed by atoms with Crippen LogP contribution in [0.2, 0.25) is 0 Å². The van der Waals surface area contributed by atoms with Gasteiger partial charge in [0.1, 0.15) is 5.01 Å². The molecule has 1 N–H and O–H groups in total. The molecule has 2 aromatic rings. The zero-order chi connectivity index (χ0) is 12.3. The maximum Gasteiger partial charge on any atom is 0.252 e. The Balaban J connectivity index is 2.14. The van der Waals surface area contributed by atoms with Gasteiger partial charge in [0.2, 0.25) is 0 Å². The van der Waals surface area contributed by atoms with Crippen LogP contribution in [-0.2, 0) is 5.54 Å². The number of nitrogens with zero attached hydrogens (tertiary/aromatic N) is 1. The fourth-order valence-corrected chi connectivity index (χ4v) is 2.25. The fraction of sp³-hybridized carbons (Fsp3) is 0.231. The highest BCUT2D eigenvalue weighted by Gasteiger charge is 2.25. The number of carbonyl (C=O) groups is 1. The van der Waals surface area contributed by atoms with E-state index >= 15 is 0 Å². The molecule has 0 saturated carbocycles. The van der Waals surface area contributed by atoms with Gasteiger partial charge in [-0.15, -0.1) is 11.3 Å². The maximum atomic E-state index is 12.0. The standard InChI is InChI=1S/C13H14N2OS/c1-13(2,12-14-8-9-17-12)15-11(16)10-6-4-3-5-7-10/h3-9H,1-2H3,(H,15,16). The third-order valence-electron chi connectivity index (χ3n) is 2.43. The monoisotopic (exact) mass is 246 g/mol. The Labute approximate surface area is 105 Å². The molecule has 17 heavy (non-hydrogen) atoms. The largest absolute Gasteiger partial charge is 0.341 e. The summed E-state index contributed by atoms with van der Waals surface area (Å²) in [6.45, 7) is 3.90. The maximum absolute atomic E-state index is 12.0. The minimum atomic E-state index is -0.443. The molecule has 0 bridgehead atoms. The molecule has 0 aliphatic rings. The van der Waals surface area contributed by atoms with Gasteiger partial charge < -0.3 is 5.32 Å². The van der Waals surface area contributed by atoms with E-state index in [1.165, 1.54) is 0 Å². The lowest BCUT2D eigenvalue weighted by molar-refractivity contribution is 0.0912. The van der Waals surface area contributed by atoms with Crippen LogP contribution in [0.25, 0.3) is 0 Å². The third-order valence-corrected chi connectivity index (χ3v) is 3.53. The Morgan fingerprint density at radius 2 is 2.00 bits per heavy atom. The highest BCUT2D eigenvalue weighted by molar-refractivity contribution is 7.09. The van der Waals surface area contributed by atoms with E-state index in [-0.39, 0.29) is 5.91 Å². The molecular weight excluding hydrogens is 232 g/mol. The molecule has 0 saturated heterocycles. The van der Waals surface area contributed by atoms with Crippen molar-refractivity contribution in [2.45, 2.75) is 19.4 Å². The number of aromatic nitrogens is 1. The van der Waals surface area contributed by atoms with Crippen LogP contribution < -0.4 is 5.32 Å². The zero-order valence-electron chi connectivity index (χ0n) is 9.81. The van der Waals surface area contributed by atoms with Crippen LogP contribution in [0.15, 0.2) is 41.9 Å². The van der Waals surface area contributed by atoms with Crippen LogP contribution in [0, 0.1) is 0 Å². The molecule has 0 spiro atoms. The highest BCUT2D eigenvalue weighted by Crippen LogP contribution is 2.22. The van der Waals surface area contributed by atoms with Crippen molar-refractivity contribution >= 4 is 17.2 Å². The van der Waals surface area contributed by atoms with Gasteiger partial charge in [-0.1, -0.05) is 18.2 Å². The second-order valence-corrected chi connectivity index (χ2v) is 5.18. The van der Waals surface area contributed by atoms with Gasteiger partial charge in [0, 0.05) is 17.1 Å². The molecule has 1 aromatic carbocycles. The van der Waals surface area contributed by atoms with Crippen LogP contribution in [0.4, 0.5) is 0 Å². The highest BCUT2D eigenvalue weighted by atomic mass is 32.1. The summed E-state index contributed by atoms with van der Waals surface area (Å²) in [5.74, 6) is -0.0780. The van der Waals surface area contributed by atoms with Crippen LogP contribution in [0.1, 0.15) is 29.2 Å². The second kappa shape index (κ2) is 4.67. The van der Waals surface area contributed by atoms with Gasteiger partial charge in [0.05, 0.1) is 5.54 Å². The van der Waals surface area contributed by atoms with Crippen molar-refractivity contribution in [1.29, 1.82) is 0 Å². The number of hydrogen-bond acceptors (Lipinski definition) is 3. The lowest BCUT2D eigenvalue weighted by Crippen LogP contribution is -2.40. The van der Waals surface area contributed by atoms with Crippen LogP contribution in [0.3, 0.4) is 0 Å². The summed E-state index contributed by atoms with van der Waals surface area (Å²) in [4.78, 5) is 16.3. The lowest BCUT2D eigenvalue weighted by atomic mass is 10.1. The fourth-order valence-electron chi connectivity index (χ4n) is 1.53. The van der Waals surface area contributed by atoms with Crippen molar-refractivity contribution in [2.75, 3.05) is 0 Å². The molecule has 0 atom stereocenters. The number of amides is 1. The summed E-state index contributed by atoms with van der Waals surface area (Å²) < 4.78 is 0. The molecular formula is C13H14N2OS. The van der Waals surface area contributed by atoms with Gasteiger partial charge in [0.25, 0.3) is 5.91 Å². The average Bonchev–Trinajstić information content (AvgIpc) is 2.84. The summed E-state index contributed by atoms with van der Waals surface area (Å²) in [5, 5.41) is 5.80. The molecule has 3 nitrogen and oxygen atoms in total. The van der Waals surface area contributed by atoms with E-state index in [0.717, 1.165) is 5.01 Å². The van der Waals surface area contributed by atoms with Crippen molar-refractivity contribution in [3.05, 3.63) is 52.5 Å². The number of thiazole rings is 1. The smallest absolute Gasteiger partial charge is 0.252 e. The SMILES string of the molecule is CC(C)(NC(=O)c1ccccc1)c1nccs1. The number of benzene rings is 1. The summed E-state index contributed by atoms with van der Waals surface area (Å²) >= 11 is 1.54. The van der Waals surface area contributed by atoms with Gasteiger partial charge in [-0.05, 0) is 26.0 Å². The van der Waals surface area contributed by atoms with Crippen molar-refractivity contribution in [3.8, 4) is 0 Å². The normalized spacial score (nSPS) is 11.2. The van der Waals surface area contributed by atoms with Crippen LogP contribution in [0.5, 0.6) is 0 Å². The third kappa shape index (κ3) is 2.71. The summed E-state index contributed by atoms with van der Waals surface area (Å²) in [6, 6.07) is 9.19. The van der Waals surface area contributed by atoms with E-state index in [4.69, 9.17) is 0 Å². The van der Waals surface area contributed by atoms with Gasteiger partial charge in [-0.2, -0.15) is 0 Å². The first kappa shape index (κ1) is 11.8. The molecule has 1 heterocycles. The van der Waals surface area contributed by atoms with Crippen molar-refractivity contribution in [1.82, 2.24) is 10.3 Å². The Morgan fingerprint density at radius 3 is 2.59 bits per heavy atom. The van der Waals surface area contributed by atoms with E-state index in [2.05, 4.69) is 10.3 Å². The number of nitrogens with one attached hydrogen (secondary N) is 1. The first-order valence-electron chi connectivity index (χ1n) is 5.37. The van der Waals surface area contributed by atoms with Gasteiger partial charge in [0.15, 0.2) is 0 Å². The Bertz CT molecular complexity index is 491. The van der Waals surface area contributed by atoms with Crippen LogP contribution >= 0.6 is 11.3 Å². The zero-order valence-corrected chi connectivity index (χ0v) is 10.6. The molecule has 1 aromatic heterocycles. The summed E-state index contributed by atoms with van der Waals surface area (Å²) in [6.07, 6.45) is 1.75. The van der Waals surface area contributed by atoms with Gasteiger partial charge >= 0.3 is 0 Å². The molecule has 0 aliphatic carbocycles. The number of rotatable bonds is 3. The van der Waals surface area contributed by atoms with E-state index in [9.17, 15) is 4.79 Å². The Kier molecular flexibility index (Phi) is 3.24. The van der Waals surface area contributed by atoms with E-state index in [1.807, 2.05) is 37.4 Å². The Morgan fingerprint density at radius 1 is 1.29 bits per heavy atom. The predicted molar refractivity (Wildman–Crippen MR) is 69.0 cm³/mol. The van der Waals surface area contributed by atoms with E-state index in [0.29, 0.717) is 5.56 Å². The molecule has 2 rings (SSSR count). The first-order valence-corrected chi connectivity index (χ1v) is 6.25. The Hall–Kier alpha value is -1.68. The minimum absolute atomic E-state index is 0.0780. The molecule has 0 unspecified atom stereocenters. The summed E-state index contributed by atoms with van der Waals surface area (Å²) in [5.41, 5.74) is 0.221. The van der Waals surface area contributed by atoms with E-state index < -0.39 is 5.54 Å². The lowest BCUT2D eigenvalue weighted by Gasteiger charge is -2.23.